The molecule has 0 fully saturated rings. The molecule has 0 bridgehead atoms. The Morgan fingerprint density at radius 2 is 0.917 bits per heavy atom. The Morgan fingerprint density at radius 3 is 1.00 bits per heavy atom. The Hall–Kier alpha value is -0.610. The average molecular weight is 180 g/mol. The first-order valence-corrected chi connectivity index (χ1v) is 5.37. The molecule has 2 aliphatic rings. The molecule has 0 aromatic carbocycles. The third kappa shape index (κ3) is 7.50. The van der Waals surface area contributed by atoms with Gasteiger partial charge in [-0.2, -0.15) is 0 Å². The lowest BCUT2D eigenvalue weighted by molar-refractivity contribution is 1.45. The van der Waals surface area contributed by atoms with Crippen molar-refractivity contribution in [3.63, 3.8) is 0 Å². The summed E-state index contributed by atoms with van der Waals surface area (Å²) < 4.78 is 0. The highest BCUT2D eigenvalue weighted by Crippen LogP contribution is 1.93. The maximum Gasteiger partial charge on any atom is -0.0163 e. The van der Waals surface area contributed by atoms with E-state index in [4.69, 9.17) is 0 Å². The lowest BCUT2D eigenvalue weighted by atomic mass is 10.5. The zero-order chi connectivity index (χ0) is 9.07. The van der Waals surface area contributed by atoms with Gasteiger partial charge in [0.2, 0.25) is 0 Å². The fourth-order valence-electron chi connectivity index (χ4n) is 0.786. The molecule has 0 aromatic rings. The second kappa shape index (κ2) is 10.4. The van der Waals surface area contributed by atoms with Crippen molar-refractivity contribution in [1.29, 1.82) is 0 Å². The van der Waals surface area contributed by atoms with Crippen LogP contribution >= 0.6 is 9.24 Å². The van der Waals surface area contributed by atoms with Crippen LogP contribution in [0, 0.1) is 0 Å². The summed E-state index contributed by atoms with van der Waals surface area (Å²) in [6.45, 7) is 1.92. The second-order valence-electron chi connectivity index (χ2n) is 2.18. The van der Waals surface area contributed by atoms with Crippen LogP contribution in [0.2, 0.25) is 0 Å². The molecule has 0 radical (unpaired) electrons. The van der Waals surface area contributed by atoms with Crippen molar-refractivity contribution < 1.29 is 0 Å². The van der Waals surface area contributed by atoms with Crippen LogP contribution < -0.4 is 0 Å². The number of rotatable bonds is 0. The first-order chi connectivity index (χ1) is 6.00. The highest BCUT2D eigenvalue weighted by Gasteiger charge is 1.72. The predicted molar refractivity (Wildman–Crippen MR) is 61.4 cm³/mol. The summed E-state index contributed by atoms with van der Waals surface area (Å²) in [5, 5.41) is 0. The van der Waals surface area contributed by atoms with Gasteiger partial charge in [-0.25, -0.2) is 0 Å². The molecule has 0 heterocycles. The number of hydrogen-bond donors (Lipinski definition) is 0. The zero-order valence-corrected chi connectivity index (χ0v) is 8.77. The van der Waals surface area contributed by atoms with Gasteiger partial charge in [-0.1, -0.05) is 55.3 Å². The van der Waals surface area contributed by atoms with Crippen molar-refractivity contribution in [3.8, 4) is 0 Å². The Morgan fingerprint density at radius 1 is 0.667 bits per heavy atom. The van der Waals surface area contributed by atoms with Gasteiger partial charge in [0.15, 0.2) is 0 Å². The van der Waals surface area contributed by atoms with Crippen LogP contribution in [0.5, 0.6) is 0 Å². The Kier molecular flexibility index (Phi) is 9.86. The van der Waals surface area contributed by atoms with Crippen molar-refractivity contribution in [1.82, 2.24) is 0 Å². The van der Waals surface area contributed by atoms with E-state index >= 15 is 0 Å². The molecule has 0 spiro atoms. The van der Waals surface area contributed by atoms with Crippen LogP contribution in [0.15, 0.2) is 48.6 Å². The average Bonchev–Trinajstić information content (AvgIpc) is 2.87. The normalized spacial score (nSPS) is 15.2. The van der Waals surface area contributed by atoms with Gasteiger partial charge in [-0.05, 0) is 12.8 Å². The Bertz CT molecular complexity index is 143. The Balaban J connectivity index is 0.000000168. The largest absolute Gasteiger partial charge is 0.141 e. The van der Waals surface area contributed by atoms with E-state index < -0.39 is 0 Å². The quantitative estimate of drug-likeness (QED) is 0.500. The number of allylic oxidation sites excluding steroid dienone is 8. The SMILES string of the molecule is C1=CCC=C1.C1=CCC=C1.CP. The first kappa shape index (κ1) is 11.4. The van der Waals surface area contributed by atoms with Crippen LogP contribution in [-0.2, 0) is 0 Å². The molecular formula is C11H17P. The van der Waals surface area contributed by atoms with E-state index in [9.17, 15) is 0 Å². The highest BCUT2D eigenvalue weighted by molar-refractivity contribution is 7.15. The van der Waals surface area contributed by atoms with Gasteiger partial charge in [0.25, 0.3) is 0 Å². The van der Waals surface area contributed by atoms with Gasteiger partial charge < -0.3 is 0 Å². The summed E-state index contributed by atoms with van der Waals surface area (Å²) >= 11 is 0. The van der Waals surface area contributed by atoms with Crippen LogP contribution in [0.4, 0.5) is 0 Å². The molecule has 2 aliphatic carbocycles. The molecule has 0 nitrogen and oxygen atoms in total. The third-order valence-electron chi connectivity index (χ3n) is 1.31. The van der Waals surface area contributed by atoms with Gasteiger partial charge in [0, 0.05) is 0 Å². The molecule has 0 aromatic heterocycles. The molecule has 0 N–H and O–H groups in total. The summed E-state index contributed by atoms with van der Waals surface area (Å²) in [5.41, 5.74) is 0. The van der Waals surface area contributed by atoms with E-state index in [1.165, 1.54) is 0 Å². The van der Waals surface area contributed by atoms with Crippen LogP contribution in [0.25, 0.3) is 0 Å². The smallest absolute Gasteiger partial charge is 0.0163 e. The first-order valence-electron chi connectivity index (χ1n) is 4.21. The summed E-state index contributed by atoms with van der Waals surface area (Å²) in [7, 11) is 2.42. The third-order valence-corrected chi connectivity index (χ3v) is 1.31. The summed E-state index contributed by atoms with van der Waals surface area (Å²) in [6, 6.07) is 0. The van der Waals surface area contributed by atoms with E-state index in [0.29, 0.717) is 0 Å². The van der Waals surface area contributed by atoms with E-state index in [2.05, 4.69) is 57.8 Å². The van der Waals surface area contributed by atoms with Gasteiger partial charge in [-0.3, -0.25) is 0 Å². The molecule has 0 saturated heterocycles. The maximum atomic E-state index is 2.42. The topological polar surface area (TPSA) is 0 Å². The van der Waals surface area contributed by atoms with Crippen molar-refractivity contribution in [3.05, 3.63) is 48.6 Å². The lowest BCUT2D eigenvalue weighted by Crippen LogP contribution is -1.37. The molecule has 1 atom stereocenters. The van der Waals surface area contributed by atoms with Crippen molar-refractivity contribution in [2.24, 2.45) is 0 Å². The molecule has 12 heavy (non-hydrogen) atoms. The highest BCUT2D eigenvalue weighted by atomic mass is 31.0. The van der Waals surface area contributed by atoms with E-state index in [1.54, 1.807) is 0 Å². The Labute approximate surface area is 78.0 Å². The van der Waals surface area contributed by atoms with Gasteiger partial charge in [-0.15, -0.1) is 9.24 Å². The molecular weight excluding hydrogens is 163 g/mol. The van der Waals surface area contributed by atoms with Gasteiger partial charge >= 0.3 is 0 Å². The summed E-state index contributed by atoms with van der Waals surface area (Å²) in [4.78, 5) is 0. The van der Waals surface area contributed by atoms with Crippen molar-refractivity contribution in [2.45, 2.75) is 12.8 Å². The number of hydrogen-bond acceptors (Lipinski definition) is 0. The molecule has 0 aliphatic heterocycles. The summed E-state index contributed by atoms with van der Waals surface area (Å²) in [6.07, 6.45) is 19.0. The summed E-state index contributed by atoms with van der Waals surface area (Å²) in [5.74, 6) is 0. The second-order valence-corrected chi connectivity index (χ2v) is 2.18. The predicted octanol–water partition coefficient (Wildman–Crippen LogP) is 3.50. The lowest BCUT2D eigenvalue weighted by Gasteiger charge is -1.57. The minimum Gasteiger partial charge on any atom is -0.141 e. The van der Waals surface area contributed by atoms with Crippen molar-refractivity contribution in [2.75, 3.05) is 6.66 Å². The van der Waals surface area contributed by atoms with E-state index in [-0.39, 0.29) is 0 Å². The molecule has 1 unspecified atom stereocenters. The minimum atomic E-state index is 1.14. The van der Waals surface area contributed by atoms with E-state index in [0.717, 1.165) is 12.8 Å². The standard InChI is InChI=1S/2C5H6.CH5P/c2*1-2-4-5-3-1;1-2/h2*1-4H,5H2;2H2,1H3. The van der Waals surface area contributed by atoms with Crippen LogP contribution in [0.3, 0.4) is 0 Å². The molecule has 0 saturated carbocycles. The fraction of sp³-hybridized carbons (Fsp3) is 0.273. The maximum absolute atomic E-state index is 2.42. The monoisotopic (exact) mass is 180 g/mol. The fourth-order valence-corrected chi connectivity index (χ4v) is 0.786. The van der Waals surface area contributed by atoms with Gasteiger partial charge in [0.1, 0.15) is 0 Å². The van der Waals surface area contributed by atoms with Crippen LogP contribution in [-0.4, -0.2) is 6.66 Å². The molecule has 1 heteroatoms. The van der Waals surface area contributed by atoms with Crippen molar-refractivity contribution >= 4 is 9.24 Å². The molecule has 2 rings (SSSR count). The van der Waals surface area contributed by atoms with Gasteiger partial charge in [0.05, 0.1) is 0 Å². The zero-order valence-electron chi connectivity index (χ0n) is 7.61. The van der Waals surface area contributed by atoms with E-state index in [1.807, 2.05) is 6.66 Å². The minimum absolute atomic E-state index is 1.14. The molecule has 66 valence electrons. The molecule has 0 amide bonds. The van der Waals surface area contributed by atoms with Crippen LogP contribution in [0.1, 0.15) is 12.8 Å².